The van der Waals surface area contributed by atoms with E-state index in [9.17, 15) is 14.7 Å². The van der Waals surface area contributed by atoms with Crippen LogP contribution < -0.4 is 5.32 Å². The molecule has 0 spiro atoms. The van der Waals surface area contributed by atoms with Crippen molar-refractivity contribution in [3.05, 3.63) is 35.8 Å². The average molecular weight is 359 g/mol. The molecule has 1 aromatic heterocycles. The van der Waals surface area contributed by atoms with E-state index in [-0.39, 0.29) is 11.7 Å². The highest BCUT2D eigenvalue weighted by Crippen LogP contribution is 2.23. The Morgan fingerprint density at radius 1 is 1.31 bits per heavy atom. The first-order valence-electron chi connectivity index (χ1n) is 8.33. The first-order valence-corrected chi connectivity index (χ1v) is 8.33. The number of carbonyl (C=O) groups is 2. The zero-order valence-corrected chi connectivity index (χ0v) is 14.8. The topological polar surface area (TPSA) is 114 Å². The van der Waals surface area contributed by atoms with E-state index in [0.717, 1.165) is 16.9 Å². The Balaban J connectivity index is 1.74. The van der Waals surface area contributed by atoms with Crippen molar-refractivity contribution < 1.29 is 24.2 Å². The molecular weight excluding hydrogens is 338 g/mol. The van der Waals surface area contributed by atoms with Crippen LogP contribution in [0.1, 0.15) is 33.0 Å². The number of ether oxygens (including phenoxy) is 2. The number of hydrogen-bond acceptors (Lipinski definition) is 7. The number of fused-ring (bicyclic) bond motifs is 1. The monoisotopic (exact) mass is 359 g/mol. The van der Waals surface area contributed by atoms with Crippen molar-refractivity contribution in [2.45, 2.75) is 45.5 Å². The van der Waals surface area contributed by atoms with Crippen molar-refractivity contribution in [1.29, 1.82) is 0 Å². The van der Waals surface area contributed by atoms with Crippen LogP contribution in [0.3, 0.4) is 0 Å². The molecule has 0 amide bonds. The van der Waals surface area contributed by atoms with Gasteiger partial charge in [0.1, 0.15) is 5.82 Å². The van der Waals surface area contributed by atoms with E-state index in [1.165, 1.54) is 20.0 Å². The molecule has 8 nitrogen and oxygen atoms in total. The summed E-state index contributed by atoms with van der Waals surface area (Å²) in [6.07, 6.45) is 2.16. The third kappa shape index (κ3) is 4.02. The smallest absolute Gasteiger partial charge is 0.350 e. The fraction of sp³-hybridized carbons (Fsp3) is 0.389. The molecule has 0 radical (unpaired) electrons. The highest BCUT2D eigenvalue weighted by molar-refractivity contribution is 6.15. The summed E-state index contributed by atoms with van der Waals surface area (Å²) < 4.78 is 10.1. The summed E-state index contributed by atoms with van der Waals surface area (Å²) in [6, 6.07) is 5.41. The Morgan fingerprint density at radius 3 is 2.65 bits per heavy atom. The maximum absolute atomic E-state index is 11.9. The molecular formula is C18H21N3O5. The summed E-state index contributed by atoms with van der Waals surface area (Å²) in [5.74, 6) is -1.94. The molecule has 8 heteroatoms. The van der Waals surface area contributed by atoms with Crippen molar-refractivity contribution in [3.63, 3.8) is 0 Å². The number of nitrogens with zero attached hydrogens (tertiary/aromatic N) is 1. The zero-order valence-electron chi connectivity index (χ0n) is 14.8. The third-order valence-electron chi connectivity index (χ3n) is 3.83. The van der Waals surface area contributed by atoms with Gasteiger partial charge in [-0.05, 0) is 31.5 Å². The lowest BCUT2D eigenvalue weighted by Gasteiger charge is -2.29. The number of aliphatic hydroxyl groups is 1. The number of benzene rings is 1. The number of H-pyrrole nitrogens is 1. The Labute approximate surface area is 150 Å². The summed E-state index contributed by atoms with van der Waals surface area (Å²) >= 11 is 0. The van der Waals surface area contributed by atoms with E-state index in [1.54, 1.807) is 13.0 Å². The fourth-order valence-corrected chi connectivity index (χ4v) is 2.55. The van der Waals surface area contributed by atoms with Crippen LogP contribution in [0, 0.1) is 0 Å². The Kier molecular flexibility index (Phi) is 4.69. The van der Waals surface area contributed by atoms with Gasteiger partial charge in [-0.3, -0.25) is 0 Å². The standard InChI is InChI=1S/C18H21N3O5/c1-10(22)4-7-15-20-13-6-5-11(8-14(13)21-15)19-9-12-16(23)25-18(2,3)26-17(12)24/h5-6,8-10,19,22H,4,7H2,1-3H3,(H,20,21). The molecule has 26 heavy (non-hydrogen) atoms. The van der Waals surface area contributed by atoms with Gasteiger partial charge < -0.3 is 24.9 Å². The van der Waals surface area contributed by atoms with Gasteiger partial charge in [-0.1, -0.05) is 0 Å². The van der Waals surface area contributed by atoms with Crippen LogP contribution in [0.25, 0.3) is 11.0 Å². The van der Waals surface area contributed by atoms with Crippen LogP contribution in [0.4, 0.5) is 5.69 Å². The van der Waals surface area contributed by atoms with Gasteiger partial charge in [0.05, 0.1) is 17.1 Å². The molecule has 1 saturated heterocycles. The summed E-state index contributed by atoms with van der Waals surface area (Å²) in [5, 5.41) is 12.3. The number of anilines is 1. The van der Waals surface area contributed by atoms with Crippen LogP contribution in [0.5, 0.6) is 0 Å². The lowest BCUT2D eigenvalue weighted by atomic mass is 10.2. The second-order valence-electron chi connectivity index (χ2n) is 6.68. The molecule has 2 heterocycles. The lowest BCUT2D eigenvalue weighted by molar-refractivity contribution is -0.222. The van der Waals surface area contributed by atoms with E-state index >= 15 is 0 Å². The van der Waals surface area contributed by atoms with E-state index in [1.807, 2.05) is 12.1 Å². The number of aromatic nitrogens is 2. The Morgan fingerprint density at radius 2 is 2.00 bits per heavy atom. The predicted molar refractivity (Wildman–Crippen MR) is 94.1 cm³/mol. The molecule has 0 aliphatic carbocycles. The average Bonchev–Trinajstić information content (AvgIpc) is 2.93. The second-order valence-corrected chi connectivity index (χ2v) is 6.68. The van der Waals surface area contributed by atoms with Crippen LogP contribution in [0.15, 0.2) is 30.0 Å². The van der Waals surface area contributed by atoms with Crippen LogP contribution in [-0.2, 0) is 25.5 Å². The number of aliphatic hydroxyl groups excluding tert-OH is 1. The lowest BCUT2D eigenvalue weighted by Crippen LogP contribution is -2.42. The Bertz CT molecular complexity index is 860. The molecule has 1 aliphatic heterocycles. The normalized spacial score (nSPS) is 17.6. The molecule has 138 valence electrons. The third-order valence-corrected chi connectivity index (χ3v) is 3.83. The van der Waals surface area contributed by atoms with Gasteiger partial charge in [-0.15, -0.1) is 0 Å². The number of carbonyl (C=O) groups excluding carboxylic acids is 2. The quantitative estimate of drug-likeness (QED) is 0.425. The summed E-state index contributed by atoms with van der Waals surface area (Å²) in [6.45, 7) is 4.73. The molecule has 1 aliphatic rings. The second kappa shape index (κ2) is 6.80. The molecule has 3 rings (SSSR count). The van der Waals surface area contributed by atoms with E-state index in [0.29, 0.717) is 18.5 Å². The maximum atomic E-state index is 11.9. The molecule has 1 aromatic carbocycles. The number of rotatable bonds is 5. The zero-order chi connectivity index (χ0) is 18.9. The summed E-state index contributed by atoms with van der Waals surface area (Å²) in [5.41, 5.74) is 2.07. The van der Waals surface area contributed by atoms with Gasteiger partial charge in [0.25, 0.3) is 5.79 Å². The summed E-state index contributed by atoms with van der Waals surface area (Å²) in [4.78, 5) is 31.5. The number of aryl methyl sites for hydroxylation is 1. The van der Waals surface area contributed by atoms with E-state index in [4.69, 9.17) is 9.47 Å². The van der Waals surface area contributed by atoms with E-state index < -0.39 is 17.7 Å². The minimum absolute atomic E-state index is 0.202. The summed E-state index contributed by atoms with van der Waals surface area (Å²) in [7, 11) is 0. The van der Waals surface area contributed by atoms with Crippen molar-refractivity contribution >= 4 is 28.7 Å². The molecule has 1 atom stereocenters. The minimum Gasteiger partial charge on any atom is -0.419 e. The van der Waals surface area contributed by atoms with E-state index in [2.05, 4.69) is 15.3 Å². The maximum Gasteiger partial charge on any atom is 0.350 e. The van der Waals surface area contributed by atoms with Gasteiger partial charge in [0, 0.05) is 32.2 Å². The SMILES string of the molecule is CC(O)CCc1nc2ccc(NC=C3C(=O)OC(C)(C)OC3=O)cc2[nH]1. The van der Waals surface area contributed by atoms with Crippen molar-refractivity contribution in [2.75, 3.05) is 5.32 Å². The number of cyclic esters (lactones) is 2. The molecule has 3 N–H and O–H groups in total. The number of imidazole rings is 1. The molecule has 1 unspecified atom stereocenters. The van der Waals surface area contributed by atoms with Gasteiger partial charge >= 0.3 is 11.9 Å². The van der Waals surface area contributed by atoms with Crippen LogP contribution >= 0.6 is 0 Å². The largest absolute Gasteiger partial charge is 0.419 e. The van der Waals surface area contributed by atoms with Gasteiger partial charge in [0.15, 0.2) is 5.57 Å². The first kappa shape index (κ1) is 17.9. The minimum atomic E-state index is -1.26. The van der Waals surface area contributed by atoms with Crippen LogP contribution in [0.2, 0.25) is 0 Å². The Hall–Kier alpha value is -2.87. The van der Waals surface area contributed by atoms with Crippen molar-refractivity contribution in [1.82, 2.24) is 9.97 Å². The number of hydrogen-bond donors (Lipinski definition) is 3. The molecule has 0 bridgehead atoms. The highest BCUT2D eigenvalue weighted by Gasteiger charge is 2.38. The molecule has 0 saturated carbocycles. The predicted octanol–water partition coefficient (Wildman–Crippen LogP) is 2.01. The van der Waals surface area contributed by atoms with Gasteiger partial charge in [-0.2, -0.15) is 0 Å². The fourth-order valence-electron chi connectivity index (χ4n) is 2.55. The van der Waals surface area contributed by atoms with Crippen molar-refractivity contribution in [2.24, 2.45) is 0 Å². The van der Waals surface area contributed by atoms with Crippen LogP contribution in [-0.4, -0.2) is 38.9 Å². The number of esters is 2. The molecule has 1 fully saturated rings. The van der Waals surface area contributed by atoms with Gasteiger partial charge in [-0.25, -0.2) is 14.6 Å². The first-order chi connectivity index (χ1) is 12.2. The number of aromatic amines is 1. The number of nitrogens with one attached hydrogen (secondary N) is 2. The van der Waals surface area contributed by atoms with Gasteiger partial charge in [0.2, 0.25) is 0 Å². The van der Waals surface area contributed by atoms with Crippen molar-refractivity contribution in [3.8, 4) is 0 Å². The molecule has 2 aromatic rings. The highest BCUT2D eigenvalue weighted by atomic mass is 16.7.